The molecule has 4 nitrogen and oxygen atoms in total. The van der Waals surface area contributed by atoms with E-state index < -0.39 is 32.5 Å². The summed E-state index contributed by atoms with van der Waals surface area (Å²) < 4.78 is 80.2. The van der Waals surface area contributed by atoms with Gasteiger partial charge in [-0.15, -0.1) is 0 Å². The van der Waals surface area contributed by atoms with Crippen LogP contribution >= 0.6 is 10.7 Å². The molecule has 1 aromatic rings. The van der Waals surface area contributed by atoms with Gasteiger partial charge in [0.05, 0.1) is 13.2 Å². The van der Waals surface area contributed by atoms with Gasteiger partial charge in [0.25, 0.3) is 9.05 Å². The minimum absolute atomic E-state index is 0.0925. The molecule has 0 fully saturated rings. The van der Waals surface area contributed by atoms with Gasteiger partial charge in [0.2, 0.25) is 0 Å². The predicted octanol–water partition coefficient (Wildman–Crippen LogP) is 3.10. The van der Waals surface area contributed by atoms with Crippen molar-refractivity contribution >= 4 is 19.7 Å². The third-order valence-corrected chi connectivity index (χ3v) is 3.47. The first-order valence-corrected chi connectivity index (χ1v) is 7.92. The van der Waals surface area contributed by atoms with Crippen molar-refractivity contribution in [2.45, 2.75) is 17.5 Å². The number of alkyl halides is 3. The summed E-state index contributed by atoms with van der Waals surface area (Å²) >= 11 is 0. The Balaban J connectivity index is 2.50. The molecule has 0 spiro atoms. The molecule has 1 aromatic carbocycles. The zero-order chi connectivity index (χ0) is 16.1. The molecule has 0 amide bonds. The van der Waals surface area contributed by atoms with Crippen LogP contribution < -0.4 is 4.74 Å². The summed E-state index contributed by atoms with van der Waals surface area (Å²) in [6.45, 7) is -1.70. The largest absolute Gasteiger partial charge is 0.492 e. The van der Waals surface area contributed by atoms with E-state index in [0.29, 0.717) is 6.07 Å². The number of rotatable bonds is 7. The number of hydrogen-bond acceptors (Lipinski definition) is 4. The standard InChI is InChI=1S/C11H11ClF4O4S/c12-21(17,18)10-6-8(13)2-3-9(10)20-5-1-4-19-7-11(14,15)16/h2-3,6H,1,4-5,7H2. The Morgan fingerprint density at radius 2 is 1.86 bits per heavy atom. The van der Waals surface area contributed by atoms with Crippen molar-refractivity contribution in [2.75, 3.05) is 19.8 Å². The molecule has 0 bridgehead atoms. The highest BCUT2D eigenvalue weighted by atomic mass is 35.7. The number of hydrogen-bond donors (Lipinski definition) is 0. The van der Waals surface area contributed by atoms with Crippen molar-refractivity contribution in [3.63, 3.8) is 0 Å². The van der Waals surface area contributed by atoms with Crippen LogP contribution in [0.2, 0.25) is 0 Å². The number of ether oxygens (including phenoxy) is 2. The highest BCUT2D eigenvalue weighted by Gasteiger charge is 2.27. The first-order valence-electron chi connectivity index (χ1n) is 5.61. The molecule has 0 unspecified atom stereocenters. The van der Waals surface area contributed by atoms with Crippen LogP contribution in [0, 0.1) is 5.82 Å². The fourth-order valence-corrected chi connectivity index (χ4v) is 2.31. The average molecular weight is 351 g/mol. The van der Waals surface area contributed by atoms with Crippen LogP contribution in [0.3, 0.4) is 0 Å². The first kappa shape index (κ1) is 18.0. The Morgan fingerprint density at radius 3 is 2.43 bits per heavy atom. The topological polar surface area (TPSA) is 52.6 Å². The molecule has 0 atom stereocenters. The maximum atomic E-state index is 13.0. The van der Waals surface area contributed by atoms with Gasteiger partial charge in [-0.3, -0.25) is 0 Å². The molecule has 0 heterocycles. The van der Waals surface area contributed by atoms with Crippen LogP contribution in [0.1, 0.15) is 6.42 Å². The van der Waals surface area contributed by atoms with Gasteiger partial charge in [0, 0.05) is 17.1 Å². The SMILES string of the molecule is O=S(=O)(Cl)c1cc(F)ccc1OCCCOCC(F)(F)F. The summed E-state index contributed by atoms with van der Waals surface area (Å²) in [6.07, 6.45) is -4.31. The van der Waals surface area contributed by atoms with E-state index in [9.17, 15) is 26.0 Å². The van der Waals surface area contributed by atoms with E-state index in [4.69, 9.17) is 15.4 Å². The van der Waals surface area contributed by atoms with Gasteiger partial charge < -0.3 is 9.47 Å². The van der Waals surface area contributed by atoms with E-state index in [1.807, 2.05) is 0 Å². The molecule has 10 heteroatoms. The summed E-state index contributed by atoms with van der Waals surface area (Å²) in [5, 5.41) is 0. The maximum absolute atomic E-state index is 13.0. The lowest BCUT2D eigenvalue weighted by Crippen LogP contribution is -2.18. The third-order valence-electron chi connectivity index (χ3n) is 2.12. The smallest absolute Gasteiger partial charge is 0.411 e. The molecule has 0 aromatic heterocycles. The number of halogens is 5. The minimum Gasteiger partial charge on any atom is -0.492 e. The molecular weight excluding hydrogens is 340 g/mol. The predicted molar refractivity (Wildman–Crippen MR) is 66.4 cm³/mol. The van der Waals surface area contributed by atoms with Crippen molar-refractivity contribution < 1.29 is 35.5 Å². The minimum atomic E-state index is -4.41. The molecular formula is C11H11ClF4O4S. The Hall–Kier alpha value is -1.06. The van der Waals surface area contributed by atoms with Crippen molar-refractivity contribution in [3.8, 4) is 5.75 Å². The summed E-state index contributed by atoms with van der Waals surface area (Å²) in [5.41, 5.74) is 0. The van der Waals surface area contributed by atoms with Crippen LogP contribution in [0.15, 0.2) is 23.1 Å². The Kier molecular flexibility index (Phi) is 6.24. The van der Waals surface area contributed by atoms with E-state index in [-0.39, 0.29) is 25.4 Å². The van der Waals surface area contributed by atoms with Crippen LogP contribution in [0.5, 0.6) is 5.75 Å². The summed E-state index contributed by atoms with van der Waals surface area (Å²) in [4.78, 5) is -0.541. The Bertz CT molecular complexity index is 574. The Morgan fingerprint density at radius 1 is 1.19 bits per heavy atom. The molecule has 0 aliphatic rings. The third kappa shape index (κ3) is 6.96. The highest BCUT2D eigenvalue weighted by molar-refractivity contribution is 8.13. The van der Waals surface area contributed by atoms with Crippen LogP contribution in [0.25, 0.3) is 0 Å². The van der Waals surface area contributed by atoms with E-state index in [0.717, 1.165) is 12.1 Å². The van der Waals surface area contributed by atoms with Crippen molar-refractivity contribution in [1.29, 1.82) is 0 Å². The van der Waals surface area contributed by atoms with Gasteiger partial charge in [-0.25, -0.2) is 12.8 Å². The van der Waals surface area contributed by atoms with Gasteiger partial charge >= 0.3 is 6.18 Å². The summed E-state index contributed by atoms with van der Waals surface area (Å²) in [5.74, 6) is -0.989. The summed E-state index contributed by atoms with van der Waals surface area (Å²) in [7, 11) is 0.929. The molecule has 0 radical (unpaired) electrons. The average Bonchev–Trinajstić information content (AvgIpc) is 2.32. The van der Waals surface area contributed by atoms with E-state index in [1.54, 1.807) is 0 Å². The zero-order valence-electron chi connectivity index (χ0n) is 10.5. The van der Waals surface area contributed by atoms with Crippen molar-refractivity contribution in [1.82, 2.24) is 0 Å². The number of benzene rings is 1. The van der Waals surface area contributed by atoms with E-state index in [2.05, 4.69) is 4.74 Å². The maximum Gasteiger partial charge on any atom is 0.411 e. The molecule has 1 rings (SSSR count). The fourth-order valence-electron chi connectivity index (χ4n) is 1.32. The molecule has 0 aliphatic heterocycles. The molecule has 21 heavy (non-hydrogen) atoms. The molecule has 0 saturated heterocycles. The lowest BCUT2D eigenvalue weighted by atomic mass is 10.3. The van der Waals surface area contributed by atoms with Gasteiger partial charge in [-0.05, 0) is 18.2 Å². The van der Waals surface area contributed by atoms with Gasteiger partial charge in [-0.1, -0.05) is 0 Å². The second-order valence-electron chi connectivity index (χ2n) is 3.90. The van der Waals surface area contributed by atoms with Gasteiger partial charge in [-0.2, -0.15) is 13.2 Å². The lowest BCUT2D eigenvalue weighted by Gasteiger charge is -2.10. The molecule has 0 saturated carbocycles. The van der Waals surface area contributed by atoms with E-state index >= 15 is 0 Å². The van der Waals surface area contributed by atoms with Crippen LogP contribution in [-0.4, -0.2) is 34.4 Å². The zero-order valence-corrected chi connectivity index (χ0v) is 12.1. The van der Waals surface area contributed by atoms with E-state index in [1.165, 1.54) is 0 Å². The normalized spacial score (nSPS) is 12.4. The molecule has 0 aliphatic carbocycles. The van der Waals surface area contributed by atoms with Crippen molar-refractivity contribution in [3.05, 3.63) is 24.0 Å². The fraction of sp³-hybridized carbons (Fsp3) is 0.455. The summed E-state index contributed by atoms with van der Waals surface area (Å²) in [6, 6.07) is 2.74. The van der Waals surface area contributed by atoms with Gasteiger partial charge in [0.1, 0.15) is 23.1 Å². The first-order chi connectivity index (χ1) is 9.59. The highest BCUT2D eigenvalue weighted by Crippen LogP contribution is 2.27. The quantitative estimate of drug-likeness (QED) is 0.431. The Labute approximate surface area is 123 Å². The lowest BCUT2D eigenvalue weighted by molar-refractivity contribution is -0.174. The van der Waals surface area contributed by atoms with Crippen LogP contribution in [-0.2, 0) is 13.8 Å². The molecule has 0 N–H and O–H groups in total. The molecule has 120 valence electrons. The second kappa shape index (κ2) is 7.28. The monoisotopic (exact) mass is 350 g/mol. The second-order valence-corrected chi connectivity index (χ2v) is 6.43. The van der Waals surface area contributed by atoms with Gasteiger partial charge in [0.15, 0.2) is 0 Å². The van der Waals surface area contributed by atoms with Crippen LogP contribution in [0.4, 0.5) is 17.6 Å². The van der Waals surface area contributed by atoms with Crippen molar-refractivity contribution in [2.24, 2.45) is 0 Å².